The summed E-state index contributed by atoms with van der Waals surface area (Å²) in [6.45, 7) is 0.410. The van der Waals surface area contributed by atoms with Crippen LogP contribution in [0.15, 0.2) is 71.8 Å². The number of carbonyl (C=O) groups is 2. The summed E-state index contributed by atoms with van der Waals surface area (Å²) in [6.07, 6.45) is 1.07. The summed E-state index contributed by atoms with van der Waals surface area (Å²) in [5, 5.41) is 6.91. The quantitative estimate of drug-likeness (QED) is 0.162. The molecule has 33 heavy (non-hydrogen) atoms. The third kappa shape index (κ3) is 7.47. The Morgan fingerprint density at radius 3 is 2.52 bits per heavy atom. The van der Waals surface area contributed by atoms with Gasteiger partial charge in [-0.2, -0.15) is 5.10 Å². The monoisotopic (exact) mass is 577 g/mol. The molecule has 0 aliphatic rings. The molecular weight excluding hydrogens is 557 g/mol. The van der Waals surface area contributed by atoms with Crippen LogP contribution in [0.3, 0.4) is 0 Å². The fourth-order valence-electron chi connectivity index (χ4n) is 2.81. The lowest BCUT2D eigenvalue weighted by molar-refractivity contribution is -0.126. The van der Waals surface area contributed by atoms with Gasteiger partial charge in [0, 0.05) is 0 Å². The molecule has 0 saturated carbocycles. The predicted molar refractivity (Wildman–Crippen MR) is 137 cm³/mol. The molecule has 0 spiro atoms. The second-order valence-electron chi connectivity index (χ2n) is 6.81. The fraction of sp³-hybridized carbons (Fsp3) is 0.125. The minimum atomic E-state index is -0.555. The first kappa shape index (κ1) is 24.5. The maximum atomic E-state index is 12.0. The number of rotatable bonds is 9. The summed E-state index contributed by atoms with van der Waals surface area (Å²) in [7, 11) is 1.56. The molecule has 2 N–H and O–H groups in total. The molecule has 0 atom stereocenters. The van der Waals surface area contributed by atoms with Gasteiger partial charge in [0.05, 0.1) is 27.6 Å². The second kappa shape index (κ2) is 12.2. The number of ether oxygens (including phenoxy) is 2. The van der Waals surface area contributed by atoms with Crippen LogP contribution in [0.25, 0.3) is 0 Å². The van der Waals surface area contributed by atoms with E-state index in [9.17, 15) is 9.59 Å². The maximum Gasteiger partial charge on any atom is 0.249 e. The average molecular weight is 578 g/mol. The molecule has 170 valence electrons. The SMILES string of the molecule is COc1cc(C=NNC(=O)CC(=O)Nc2ccccc2Cl)cc(I)c1OCc1ccccc1. The Bertz CT molecular complexity index is 1160. The van der Waals surface area contributed by atoms with Crippen LogP contribution in [-0.2, 0) is 16.2 Å². The van der Waals surface area contributed by atoms with Gasteiger partial charge in [-0.15, -0.1) is 0 Å². The maximum absolute atomic E-state index is 12.0. The van der Waals surface area contributed by atoms with Crippen molar-refractivity contribution >= 4 is 57.9 Å². The van der Waals surface area contributed by atoms with Crippen molar-refractivity contribution in [2.24, 2.45) is 5.10 Å². The molecule has 0 fully saturated rings. The highest BCUT2D eigenvalue weighted by atomic mass is 127. The number of nitrogens with one attached hydrogen (secondary N) is 2. The van der Waals surface area contributed by atoms with E-state index >= 15 is 0 Å². The Balaban J connectivity index is 1.56. The first-order chi connectivity index (χ1) is 16.0. The molecule has 3 aromatic carbocycles. The Morgan fingerprint density at radius 1 is 1.06 bits per heavy atom. The predicted octanol–water partition coefficient (Wildman–Crippen LogP) is 5.01. The lowest BCUT2D eigenvalue weighted by Gasteiger charge is -2.13. The van der Waals surface area contributed by atoms with Crippen LogP contribution >= 0.6 is 34.2 Å². The average Bonchev–Trinajstić information content (AvgIpc) is 2.80. The van der Waals surface area contributed by atoms with Crippen LogP contribution in [0.1, 0.15) is 17.5 Å². The first-order valence-electron chi connectivity index (χ1n) is 9.87. The fourth-order valence-corrected chi connectivity index (χ4v) is 3.77. The van der Waals surface area contributed by atoms with Gasteiger partial charge in [0.15, 0.2) is 11.5 Å². The number of hydrogen-bond acceptors (Lipinski definition) is 5. The van der Waals surface area contributed by atoms with Crippen molar-refractivity contribution in [3.05, 3.63) is 86.4 Å². The number of halogens is 2. The molecule has 3 aromatic rings. The summed E-state index contributed by atoms with van der Waals surface area (Å²) in [5.41, 5.74) is 4.53. The third-order valence-corrected chi connectivity index (χ3v) is 5.48. The molecule has 0 aromatic heterocycles. The number of benzene rings is 3. The molecule has 0 saturated heterocycles. The summed E-state index contributed by atoms with van der Waals surface area (Å²) < 4.78 is 12.2. The smallest absolute Gasteiger partial charge is 0.249 e. The highest BCUT2D eigenvalue weighted by Crippen LogP contribution is 2.34. The largest absolute Gasteiger partial charge is 0.493 e. The van der Waals surface area contributed by atoms with Crippen LogP contribution < -0.4 is 20.2 Å². The van der Waals surface area contributed by atoms with Crippen LogP contribution in [0.4, 0.5) is 5.69 Å². The van der Waals surface area contributed by atoms with Crippen LogP contribution in [0, 0.1) is 3.57 Å². The van der Waals surface area contributed by atoms with Crippen molar-refractivity contribution in [3.8, 4) is 11.5 Å². The van der Waals surface area contributed by atoms with Crippen molar-refractivity contribution in [1.29, 1.82) is 0 Å². The number of hydrazone groups is 1. The van der Waals surface area contributed by atoms with E-state index in [0.29, 0.717) is 34.4 Å². The van der Waals surface area contributed by atoms with Gasteiger partial charge < -0.3 is 14.8 Å². The number of hydrogen-bond donors (Lipinski definition) is 2. The van der Waals surface area contributed by atoms with Crippen LogP contribution in [-0.4, -0.2) is 25.1 Å². The van der Waals surface area contributed by atoms with Gasteiger partial charge in [-0.25, -0.2) is 5.43 Å². The topological polar surface area (TPSA) is 89.0 Å². The zero-order chi connectivity index (χ0) is 23.6. The van der Waals surface area contributed by atoms with Crippen LogP contribution in [0.5, 0.6) is 11.5 Å². The molecule has 0 aliphatic heterocycles. The van der Waals surface area contributed by atoms with Crippen molar-refractivity contribution in [2.45, 2.75) is 13.0 Å². The Morgan fingerprint density at radius 2 is 1.79 bits per heavy atom. The summed E-state index contributed by atoms with van der Waals surface area (Å²) >= 11 is 8.15. The molecule has 0 radical (unpaired) electrons. The lowest BCUT2D eigenvalue weighted by atomic mass is 10.2. The van der Waals surface area contributed by atoms with Gasteiger partial charge in [0.2, 0.25) is 11.8 Å². The minimum absolute atomic E-state index is 0.393. The molecule has 7 nitrogen and oxygen atoms in total. The Labute approximate surface area is 210 Å². The van der Waals surface area contributed by atoms with E-state index in [4.69, 9.17) is 21.1 Å². The molecule has 9 heteroatoms. The van der Waals surface area contributed by atoms with E-state index in [1.165, 1.54) is 6.21 Å². The van der Waals surface area contributed by atoms with Crippen molar-refractivity contribution in [1.82, 2.24) is 5.43 Å². The van der Waals surface area contributed by atoms with Gasteiger partial charge >= 0.3 is 0 Å². The second-order valence-corrected chi connectivity index (χ2v) is 8.38. The van der Waals surface area contributed by atoms with Gasteiger partial charge in [-0.1, -0.05) is 54.1 Å². The molecule has 3 rings (SSSR count). The Hall–Kier alpha value is -3.11. The number of nitrogens with zero attached hydrogens (tertiary/aromatic N) is 1. The summed E-state index contributed by atoms with van der Waals surface area (Å²) in [4.78, 5) is 24.0. The molecule has 2 amide bonds. The number of anilines is 1. The molecule has 0 aliphatic carbocycles. The summed E-state index contributed by atoms with van der Waals surface area (Å²) in [5.74, 6) is 0.122. The van der Waals surface area contributed by atoms with E-state index in [1.807, 2.05) is 36.4 Å². The van der Waals surface area contributed by atoms with Crippen molar-refractivity contribution < 1.29 is 19.1 Å². The minimum Gasteiger partial charge on any atom is -0.493 e. The first-order valence-corrected chi connectivity index (χ1v) is 11.3. The van der Waals surface area contributed by atoms with Gasteiger partial charge in [0.25, 0.3) is 0 Å². The van der Waals surface area contributed by atoms with Crippen molar-refractivity contribution in [3.63, 3.8) is 0 Å². The molecule has 0 bridgehead atoms. The Kier molecular flexibility index (Phi) is 9.08. The molecular formula is C24H21ClIN3O4. The van der Waals surface area contributed by atoms with E-state index in [-0.39, 0.29) is 0 Å². The van der Waals surface area contributed by atoms with Crippen molar-refractivity contribution in [2.75, 3.05) is 12.4 Å². The highest BCUT2D eigenvalue weighted by Gasteiger charge is 2.13. The normalized spacial score (nSPS) is 10.6. The van der Waals surface area contributed by atoms with Gasteiger partial charge in [-0.05, 0) is 58.0 Å². The van der Waals surface area contributed by atoms with E-state index in [1.54, 1.807) is 37.4 Å². The highest BCUT2D eigenvalue weighted by molar-refractivity contribution is 14.1. The number of amides is 2. The number of methoxy groups -OCH3 is 1. The van der Waals surface area contributed by atoms with E-state index < -0.39 is 18.2 Å². The zero-order valence-electron chi connectivity index (χ0n) is 17.7. The molecule has 0 unspecified atom stereocenters. The van der Waals surface area contributed by atoms with E-state index in [0.717, 1.165) is 9.13 Å². The third-order valence-electron chi connectivity index (χ3n) is 4.35. The standard InChI is InChI=1S/C24H21ClIN3O4/c1-32-21-12-17(11-19(26)24(21)33-15-16-7-3-2-4-8-16)14-27-29-23(31)13-22(30)28-20-10-6-5-9-18(20)25/h2-12,14H,13,15H2,1H3,(H,28,30)(H,29,31). The number of para-hydroxylation sites is 1. The molecule has 0 heterocycles. The van der Waals surface area contributed by atoms with Gasteiger partial charge in [-0.3, -0.25) is 9.59 Å². The number of carbonyl (C=O) groups excluding carboxylic acids is 2. The van der Waals surface area contributed by atoms with E-state index in [2.05, 4.69) is 38.4 Å². The lowest BCUT2D eigenvalue weighted by Crippen LogP contribution is -2.24. The zero-order valence-corrected chi connectivity index (χ0v) is 20.6. The van der Waals surface area contributed by atoms with Gasteiger partial charge in [0.1, 0.15) is 13.0 Å². The van der Waals surface area contributed by atoms with Crippen LogP contribution in [0.2, 0.25) is 5.02 Å². The summed E-state index contributed by atoms with van der Waals surface area (Å²) in [6, 6.07) is 20.2.